The van der Waals surface area contributed by atoms with E-state index in [0.717, 1.165) is 38.8 Å². The second-order valence-corrected chi connectivity index (χ2v) is 10.0. The summed E-state index contributed by atoms with van der Waals surface area (Å²) in [6, 6.07) is 19.4. The smallest absolute Gasteiger partial charge is 0.134 e. The van der Waals surface area contributed by atoms with Crippen LogP contribution in [0.3, 0.4) is 0 Å². The fourth-order valence-corrected chi connectivity index (χ4v) is 5.48. The SMILES string of the molecule is C#C.C=C(NN1CCCC[C@H]1C)c1ccc2c(c1)N=C(c1ccc(Cl)cc1F)c1ccccc1S2. The average molecular weight is 504 g/mol. The molecule has 0 amide bonds. The van der Waals surface area contributed by atoms with Gasteiger partial charge in [0.2, 0.25) is 0 Å². The van der Waals surface area contributed by atoms with Crippen LogP contribution in [0, 0.1) is 18.7 Å². The van der Waals surface area contributed by atoms with E-state index >= 15 is 0 Å². The first-order chi connectivity index (χ1) is 17.0. The fourth-order valence-electron chi connectivity index (χ4n) is 4.32. The van der Waals surface area contributed by atoms with Crippen molar-refractivity contribution in [3.8, 4) is 12.8 Å². The number of hydrogen-bond acceptors (Lipinski definition) is 4. The fraction of sp³-hybridized carbons (Fsp3) is 0.207. The Labute approximate surface area is 216 Å². The third-order valence-corrected chi connectivity index (χ3v) is 7.55. The molecule has 178 valence electrons. The standard InChI is InChI=1S/C27H25ClFN3S.C2H2/c1-17-7-5-6-14-32(17)31-18(2)19-10-13-26-24(15-19)30-27(21-12-11-20(28)16-23(21)29)22-8-3-4-9-25(22)33-26;1-2/h3-4,8-13,15-17,31H,2,5-7,14H2,1H3;1-2H/t17-;/m1./s1. The Morgan fingerprint density at radius 2 is 1.89 bits per heavy atom. The molecule has 0 bridgehead atoms. The monoisotopic (exact) mass is 503 g/mol. The average Bonchev–Trinajstić information content (AvgIpc) is 3.03. The van der Waals surface area contributed by atoms with E-state index in [1.807, 2.05) is 30.3 Å². The molecule has 35 heavy (non-hydrogen) atoms. The molecule has 0 saturated carbocycles. The normalized spacial score (nSPS) is 17.1. The van der Waals surface area contributed by atoms with Crippen LogP contribution in [-0.4, -0.2) is 23.3 Å². The number of piperidine rings is 1. The van der Waals surface area contributed by atoms with Gasteiger partial charge in [-0.2, -0.15) is 0 Å². The molecule has 2 heterocycles. The van der Waals surface area contributed by atoms with Crippen LogP contribution in [0.2, 0.25) is 5.02 Å². The first-order valence-corrected chi connectivity index (χ1v) is 12.7. The minimum Gasteiger partial charge on any atom is -0.319 e. The molecule has 2 aliphatic rings. The van der Waals surface area contributed by atoms with E-state index in [1.54, 1.807) is 23.9 Å². The highest BCUT2D eigenvalue weighted by atomic mass is 35.5. The van der Waals surface area contributed by atoms with E-state index in [4.69, 9.17) is 16.6 Å². The van der Waals surface area contributed by atoms with Crippen LogP contribution in [0.1, 0.15) is 42.9 Å². The van der Waals surface area contributed by atoms with Crippen molar-refractivity contribution in [3.05, 3.63) is 94.8 Å². The molecule has 2 aliphatic heterocycles. The topological polar surface area (TPSA) is 27.6 Å². The summed E-state index contributed by atoms with van der Waals surface area (Å²) in [6.45, 7) is 7.53. The summed E-state index contributed by atoms with van der Waals surface area (Å²) in [5.41, 5.74) is 8.04. The van der Waals surface area contributed by atoms with Crippen molar-refractivity contribution >= 4 is 40.5 Å². The highest BCUT2D eigenvalue weighted by Crippen LogP contribution is 2.42. The lowest BCUT2D eigenvalue weighted by Crippen LogP contribution is -2.46. The third-order valence-electron chi connectivity index (χ3n) is 6.17. The van der Waals surface area contributed by atoms with E-state index in [2.05, 4.69) is 48.9 Å². The van der Waals surface area contributed by atoms with Crippen LogP contribution < -0.4 is 5.43 Å². The third kappa shape index (κ3) is 5.46. The Morgan fingerprint density at radius 1 is 1.09 bits per heavy atom. The van der Waals surface area contributed by atoms with Crippen LogP contribution in [0.25, 0.3) is 5.70 Å². The van der Waals surface area contributed by atoms with Gasteiger partial charge in [0.15, 0.2) is 0 Å². The van der Waals surface area contributed by atoms with Gasteiger partial charge in [0, 0.05) is 49.8 Å². The molecule has 6 heteroatoms. The van der Waals surface area contributed by atoms with Crippen molar-refractivity contribution in [1.82, 2.24) is 10.4 Å². The highest BCUT2D eigenvalue weighted by molar-refractivity contribution is 7.99. The molecule has 1 fully saturated rings. The van der Waals surface area contributed by atoms with E-state index in [9.17, 15) is 4.39 Å². The number of hydrogen-bond donors (Lipinski definition) is 1. The van der Waals surface area contributed by atoms with E-state index < -0.39 is 0 Å². The molecular formula is C29H27ClFN3S. The van der Waals surface area contributed by atoms with Gasteiger partial charge in [0.05, 0.1) is 11.4 Å². The molecule has 0 spiro atoms. The Kier molecular flexibility index (Phi) is 7.97. The van der Waals surface area contributed by atoms with Crippen molar-refractivity contribution < 1.29 is 4.39 Å². The van der Waals surface area contributed by atoms with Crippen LogP contribution in [0.4, 0.5) is 10.1 Å². The Morgan fingerprint density at radius 3 is 2.66 bits per heavy atom. The Balaban J connectivity index is 0.00000141. The minimum absolute atomic E-state index is 0.366. The number of nitrogens with one attached hydrogen (secondary N) is 1. The number of hydrazine groups is 1. The van der Waals surface area contributed by atoms with Gasteiger partial charge < -0.3 is 5.43 Å². The van der Waals surface area contributed by atoms with Crippen molar-refractivity contribution in [3.63, 3.8) is 0 Å². The van der Waals surface area contributed by atoms with Gasteiger partial charge in [-0.3, -0.25) is 0 Å². The number of fused-ring (bicyclic) bond motifs is 2. The molecule has 0 aromatic heterocycles. The van der Waals surface area contributed by atoms with Crippen LogP contribution in [-0.2, 0) is 0 Å². The second-order valence-electron chi connectivity index (χ2n) is 8.49. The van der Waals surface area contributed by atoms with Gasteiger partial charge >= 0.3 is 0 Å². The molecule has 0 radical (unpaired) electrons. The van der Waals surface area contributed by atoms with Crippen molar-refractivity contribution in [2.45, 2.75) is 42.0 Å². The highest BCUT2D eigenvalue weighted by Gasteiger charge is 2.22. The first-order valence-electron chi connectivity index (χ1n) is 11.5. The number of halogens is 2. The lowest BCUT2D eigenvalue weighted by Gasteiger charge is -2.34. The first kappa shape index (κ1) is 25.1. The molecular weight excluding hydrogens is 477 g/mol. The zero-order valence-corrected chi connectivity index (χ0v) is 21.2. The van der Waals surface area contributed by atoms with Crippen molar-refractivity contribution in [1.29, 1.82) is 0 Å². The zero-order valence-electron chi connectivity index (χ0n) is 19.6. The quantitative estimate of drug-likeness (QED) is 0.289. The number of benzene rings is 3. The molecule has 1 atom stereocenters. The number of rotatable bonds is 4. The molecule has 0 unspecified atom stereocenters. The minimum atomic E-state index is -0.383. The molecule has 5 rings (SSSR count). The Bertz CT molecular complexity index is 1300. The van der Waals surface area contributed by atoms with Gasteiger partial charge in [0.1, 0.15) is 5.82 Å². The van der Waals surface area contributed by atoms with Gasteiger partial charge in [-0.25, -0.2) is 14.4 Å². The van der Waals surface area contributed by atoms with Crippen LogP contribution >= 0.6 is 23.4 Å². The molecule has 0 aliphatic carbocycles. The molecule has 1 saturated heterocycles. The van der Waals surface area contributed by atoms with E-state index in [-0.39, 0.29) is 5.82 Å². The van der Waals surface area contributed by atoms with Gasteiger partial charge in [-0.15, -0.1) is 12.8 Å². The molecule has 3 aromatic rings. The maximum absolute atomic E-state index is 14.9. The predicted octanol–water partition coefficient (Wildman–Crippen LogP) is 7.71. The molecule has 1 N–H and O–H groups in total. The van der Waals surface area contributed by atoms with Gasteiger partial charge in [-0.1, -0.05) is 60.6 Å². The maximum Gasteiger partial charge on any atom is 0.134 e. The number of terminal acetylenes is 1. The molecule has 3 nitrogen and oxygen atoms in total. The van der Waals surface area contributed by atoms with Crippen molar-refractivity contribution in [2.75, 3.05) is 6.54 Å². The maximum atomic E-state index is 14.9. The zero-order chi connectivity index (χ0) is 24.9. The summed E-state index contributed by atoms with van der Waals surface area (Å²) >= 11 is 7.65. The number of aliphatic imine (C=N–C) groups is 1. The lowest BCUT2D eigenvalue weighted by molar-refractivity contribution is 0.125. The number of nitrogens with zero attached hydrogens (tertiary/aromatic N) is 2. The van der Waals surface area contributed by atoms with Crippen molar-refractivity contribution in [2.24, 2.45) is 4.99 Å². The second kappa shape index (κ2) is 11.1. The van der Waals surface area contributed by atoms with Gasteiger partial charge in [-0.05, 0) is 56.2 Å². The summed E-state index contributed by atoms with van der Waals surface area (Å²) in [5.74, 6) is -0.383. The van der Waals surface area contributed by atoms with Crippen LogP contribution in [0.5, 0.6) is 0 Å². The largest absolute Gasteiger partial charge is 0.319 e. The van der Waals surface area contributed by atoms with Gasteiger partial charge in [0.25, 0.3) is 0 Å². The lowest BCUT2D eigenvalue weighted by atomic mass is 10.0. The summed E-state index contributed by atoms with van der Waals surface area (Å²) in [4.78, 5) is 7.04. The van der Waals surface area contributed by atoms with E-state index in [0.29, 0.717) is 22.3 Å². The predicted molar refractivity (Wildman–Crippen MR) is 146 cm³/mol. The van der Waals surface area contributed by atoms with Crippen LogP contribution in [0.15, 0.2) is 82.0 Å². The summed E-state index contributed by atoms with van der Waals surface area (Å²) in [5, 5.41) is 2.63. The van der Waals surface area contributed by atoms with E-state index in [1.165, 1.54) is 25.3 Å². The summed E-state index contributed by atoms with van der Waals surface area (Å²) in [6.07, 6.45) is 11.6. The summed E-state index contributed by atoms with van der Waals surface area (Å²) in [7, 11) is 0. The Hall–Kier alpha value is -3.04. The molecule has 3 aromatic carbocycles. The summed E-state index contributed by atoms with van der Waals surface area (Å²) < 4.78 is 14.9.